The van der Waals surface area contributed by atoms with Crippen LogP contribution in [0.15, 0.2) is 22.7 Å². The molecular weight excluding hydrogens is 464 g/mol. The van der Waals surface area contributed by atoms with Crippen molar-refractivity contribution in [3.05, 3.63) is 18.2 Å². The molecular formula is C27H38N2O7. The maximum absolute atomic E-state index is 12.7. The first-order chi connectivity index (χ1) is 17.2. The number of carbonyl (C=O) groups is 2. The third-order valence-electron chi connectivity index (χ3n) is 6.71. The van der Waals surface area contributed by atoms with E-state index in [1.54, 1.807) is 4.90 Å². The molecule has 9 heteroatoms. The molecule has 2 aromatic rings. The van der Waals surface area contributed by atoms with Crippen LogP contribution in [0, 0.1) is 5.92 Å². The van der Waals surface area contributed by atoms with Crippen molar-refractivity contribution in [3.63, 3.8) is 0 Å². The van der Waals surface area contributed by atoms with Gasteiger partial charge in [0.1, 0.15) is 23.3 Å². The van der Waals surface area contributed by atoms with Gasteiger partial charge in [-0.1, -0.05) is 6.07 Å². The van der Waals surface area contributed by atoms with Crippen molar-refractivity contribution >= 4 is 23.0 Å². The number of benzene rings is 1. The average Bonchev–Trinajstić information content (AvgIpc) is 3.25. The molecule has 1 aromatic carbocycles. The van der Waals surface area contributed by atoms with E-state index in [-0.39, 0.29) is 24.2 Å². The number of rotatable bonds is 7. The van der Waals surface area contributed by atoms with Gasteiger partial charge in [-0.15, -0.1) is 0 Å². The largest absolute Gasteiger partial charge is 0.489 e. The molecule has 2 heterocycles. The Morgan fingerprint density at radius 2 is 1.86 bits per heavy atom. The Balaban J connectivity index is 1.39. The topological polar surface area (TPSA) is 100 Å². The van der Waals surface area contributed by atoms with Gasteiger partial charge in [0.15, 0.2) is 5.58 Å². The normalized spacial score (nSPS) is 22.8. The lowest BCUT2D eigenvalue weighted by Gasteiger charge is -2.36. The van der Waals surface area contributed by atoms with E-state index < -0.39 is 5.60 Å². The Bertz CT molecular complexity index is 1040. The summed E-state index contributed by atoms with van der Waals surface area (Å²) in [7, 11) is 0. The summed E-state index contributed by atoms with van der Waals surface area (Å²) in [6.07, 6.45) is 6.24. The van der Waals surface area contributed by atoms with Crippen molar-refractivity contribution in [3.8, 4) is 11.6 Å². The zero-order valence-corrected chi connectivity index (χ0v) is 21.8. The van der Waals surface area contributed by atoms with Gasteiger partial charge in [-0.3, -0.25) is 4.79 Å². The Labute approximate surface area is 212 Å². The summed E-state index contributed by atoms with van der Waals surface area (Å²) in [4.78, 5) is 25.6. The smallest absolute Gasteiger partial charge is 0.410 e. The van der Waals surface area contributed by atoms with Gasteiger partial charge >= 0.3 is 12.1 Å². The summed E-state index contributed by atoms with van der Waals surface area (Å²) in [5, 5.41) is 4.86. The molecule has 1 saturated carbocycles. The van der Waals surface area contributed by atoms with E-state index in [4.69, 9.17) is 23.5 Å². The first kappa shape index (κ1) is 26.1. The molecule has 1 unspecified atom stereocenters. The monoisotopic (exact) mass is 502 g/mol. The predicted molar refractivity (Wildman–Crippen MR) is 133 cm³/mol. The standard InChI is InChI=1S/C27H38N2O7/c1-18(30)32-16-19-11-13-21(14-12-19)34-22-9-7-10-23-24(22)25(28-36-23)33-17-20-8-5-6-15-29(20)26(31)35-27(2,3)4/h7,9-10,19-21H,5-6,8,11-17H2,1-4H3. The van der Waals surface area contributed by atoms with Crippen LogP contribution in [0.4, 0.5) is 4.79 Å². The number of hydrogen-bond donors (Lipinski definition) is 0. The van der Waals surface area contributed by atoms with Crippen molar-refractivity contribution in [2.45, 2.75) is 90.4 Å². The minimum atomic E-state index is -0.548. The molecule has 0 spiro atoms. The summed E-state index contributed by atoms with van der Waals surface area (Å²) in [6, 6.07) is 5.53. The number of nitrogens with zero attached hydrogens (tertiary/aromatic N) is 2. The molecule has 1 amide bonds. The molecule has 1 aliphatic carbocycles. The van der Waals surface area contributed by atoms with Crippen LogP contribution in [0.25, 0.3) is 11.0 Å². The van der Waals surface area contributed by atoms with E-state index in [0.717, 1.165) is 44.9 Å². The minimum absolute atomic E-state index is 0.0629. The van der Waals surface area contributed by atoms with Crippen molar-refractivity contribution in [2.24, 2.45) is 5.92 Å². The van der Waals surface area contributed by atoms with Gasteiger partial charge in [0.25, 0.3) is 5.88 Å². The molecule has 0 radical (unpaired) electrons. The number of likely N-dealkylation sites (tertiary alicyclic amines) is 1. The van der Waals surface area contributed by atoms with Crippen LogP contribution in [0.3, 0.4) is 0 Å². The van der Waals surface area contributed by atoms with Crippen LogP contribution in [0.1, 0.15) is 72.6 Å². The highest BCUT2D eigenvalue weighted by Gasteiger charge is 2.32. The highest BCUT2D eigenvalue weighted by atomic mass is 16.6. The fourth-order valence-electron chi connectivity index (χ4n) is 4.87. The number of piperidine rings is 1. The molecule has 9 nitrogen and oxygen atoms in total. The maximum Gasteiger partial charge on any atom is 0.410 e. The number of esters is 1. The first-order valence-corrected chi connectivity index (χ1v) is 13.0. The van der Waals surface area contributed by atoms with Gasteiger partial charge in [0, 0.05) is 13.5 Å². The van der Waals surface area contributed by atoms with Crippen molar-refractivity contribution in [2.75, 3.05) is 19.8 Å². The van der Waals surface area contributed by atoms with Gasteiger partial charge in [-0.25, -0.2) is 4.79 Å². The van der Waals surface area contributed by atoms with Gasteiger partial charge in [0.2, 0.25) is 0 Å². The van der Waals surface area contributed by atoms with E-state index in [9.17, 15) is 9.59 Å². The minimum Gasteiger partial charge on any atom is -0.489 e. The molecule has 0 N–H and O–H groups in total. The van der Waals surface area contributed by atoms with E-state index in [1.807, 2.05) is 39.0 Å². The molecule has 36 heavy (non-hydrogen) atoms. The zero-order valence-electron chi connectivity index (χ0n) is 21.8. The lowest BCUT2D eigenvalue weighted by Crippen LogP contribution is -2.48. The third-order valence-corrected chi connectivity index (χ3v) is 6.71. The first-order valence-electron chi connectivity index (χ1n) is 13.0. The van der Waals surface area contributed by atoms with Crippen LogP contribution < -0.4 is 9.47 Å². The number of carbonyl (C=O) groups excluding carboxylic acids is 2. The SMILES string of the molecule is CC(=O)OCC1CCC(Oc2cccc3onc(OCC4CCCCN4C(=O)OC(C)(C)C)c23)CC1. The van der Waals surface area contributed by atoms with Crippen molar-refractivity contribution in [1.82, 2.24) is 10.1 Å². The lowest BCUT2D eigenvalue weighted by molar-refractivity contribution is -0.142. The van der Waals surface area contributed by atoms with E-state index in [0.29, 0.717) is 48.3 Å². The molecule has 2 aliphatic rings. The number of aromatic nitrogens is 1. The van der Waals surface area contributed by atoms with Gasteiger partial charge in [-0.2, -0.15) is 0 Å². The van der Waals surface area contributed by atoms with Crippen LogP contribution in [-0.2, 0) is 14.3 Å². The van der Waals surface area contributed by atoms with Crippen LogP contribution in [-0.4, -0.2) is 59.6 Å². The average molecular weight is 503 g/mol. The number of hydrogen-bond acceptors (Lipinski definition) is 8. The predicted octanol–water partition coefficient (Wildman–Crippen LogP) is 5.50. The number of fused-ring (bicyclic) bond motifs is 1. The number of ether oxygens (including phenoxy) is 4. The summed E-state index contributed by atoms with van der Waals surface area (Å²) in [5.41, 5.74) is 0.0485. The second-order valence-electron chi connectivity index (χ2n) is 10.8. The molecule has 1 atom stereocenters. The molecule has 2 fully saturated rings. The quantitative estimate of drug-likeness (QED) is 0.458. The third kappa shape index (κ3) is 6.83. The fraction of sp³-hybridized carbons (Fsp3) is 0.667. The van der Waals surface area contributed by atoms with Crippen LogP contribution >= 0.6 is 0 Å². The van der Waals surface area contributed by atoms with Gasteiger partial charge in [0.05, 0.1) is 18.8 Å². The molecule has 198 valence electrons. The second kappa shape index (κ2) is 11.4. The second-order valence-corrected chi connectivity index (χ2v) is 10.8. The Morgan fingerprint density at radius 1 is 1.08 bits per heavy atom. The van der Waals surface area contributed by atoms with Gasteiger partial charge < -0.3 is 28.4 Å². The summed E-state index contributed by atoms with van der Waals surface area (Å²) >= 11 is 0. The summed E-state index contributed by atoms with van der Waals surface area (Å²) in [6.45, 7) is 8.48. The van der Waals surface area contributed by atoms with Crippen LogP contribution in [0.2, 0.25) is 0 Å². The Kier molecular flexibility index (Phi) is 8.26. The van der Waals surface area contributed by atoms with E-state index in [2.05, 4.69) is 5.16 Å². The summed E-state index contributed by atoms with van der Waals surface area (Å²) < 4.78 is 28.8. The molecule has 1 aliphatic heterocycles. The molecule has 4 rings (SSSR count). The van der Waals surface area contributed by atoms with Gasteiger partial charge in [-0.05, 0) is 88.9 Å². The zero-order chi connectivity index (χ0) is 25.7. The lowest BCUT2D eigenvalue weighted by atomic mass is 9.88. The van der Waals surface area contributed by atoms with E-state index >= 15 is 0 Å². The van der Waals surface area contributed by atoms with Crippen molar-refractivity contribution < 1.29 is 33.1 Å². The number of amides is 1. The van der Waals surface area contributed by atoms with Crippen molar-refractivity contribution in [1.29, 1.82) is 0 Å². The molecule has 0 bridgehead atoms. The highest BCUT2D eigenvalue weighted by Crippen LogP contribution is 2.37. The Hall–Kier alpha value is -2.97. The maximum atomic E-state index is 12.7. The molecule has 1 saturated heterocycles. The Morgan fingerprint density at radius 3 is 2.58 bits per heavy atom. The summed E-state index contributed by atoms with van der Waals surface area (Å²) in [5.74, 6) is 1.20. The van der Waals surface area contributed by atoms with E-state index in [1.165, 1.54) is 6.92 Å². The fourth-order valence-corrected chi connectivity index (χ4v) is 4.87. The van der Waals surface area contributed by atoms with Crippen LogP contribution in [0.5, 0.6) is 11.6 Å². The highest BCUT2D eigenvalue weighted by molar-refractivity contribution is 5.88. The molecule has 1 aromatic heterocycles.